The molecule has 102 valence electrons. The SMILES string of the molecule is C#C[C@]1(CCC(=O)OC(C)(C)C)COC(C)(C)O1. The predicted octanol–water partition coefficient (Wildman–Crippen LogP) is 2.26. The Morgan fingerprint density at radius 1 is 1.44 bits per heavy atom. The minimum Gasteiger partial charge on any atom is -0.460 e. The van der Waals surface area contributed by atoms with Gasteiger partial charge in [0, 0.05) is 12.8 Å². The van der Waals surface area contributed by atoms with Crippen LogP contribution in [0, 0.1) is 12.3 Å². The summed E-state index contributed by atoms with van der Waals surface area (Å²) in [5.41, 5.74) is -1.30. The Kier molecular flexibility index (Phi) is 4.09. The van der Waals surface area contributed by atoms with Crippen molar-refractivity contribution in [1.29, 1.82) is 0 Å². The summed E-state index contributed by atoms with van der Waals surface area (Å²) in [6.45, 7) is 9.42. The number of terminal acetylenes is 1. The average molecular weight is 254 g/mol. The molecule has 1 heterocycles. The van der Waals surface area contributed by atoms with E-state index in [1.807, 2.05) is 20.8 Å². The Hall–Kier alpha value is -1.05. The van der Waals surface area contributed by atoms with Gasteiger partial charge in [0.05, 0.1) is 6.61 Å². The van der Waals surface area contributed by atoms with Gasteiger partial charge in [-0.3, -0.25) is 4.79 Å². The topological polar surface area (TPSA) is 44.8 Å². The molecule has 0 amide bonds. The third-order valence-electron chi connectivity index (χ3n) is 2.51. The monoisotopic (exact) mass is 254 g/mol. The fraction of sp³-hybridized carbons (Fsp3) is 0.786. The van der Waals surface area contributed by atoms with E-state index >= 15 is 0 Å². The number of carbonyl (C=O) groups excluding carboxylic acids is 1. The largest absolute Gasteiger partial charge is 0.460 e. The van der Waals surface area contributed by atoms with Gasteiger partial charge in [-0.05, 0) is 34.6 Å². The van der Waals surface area contributed by atoms with E-state index in [2.05, 4.69) is 5.92 Å². The molecule has 1 aliphatic rings. The predicted molar refractivity (Wildman–Crippen MR) is 67.8 cm³/mol. The summed E-state index contributed by atoms with van der Waals surface area (Å²) in [4.78, 5) is 11.6. The van der Waals surface area contributed by atoms with E-state index in [-0.39, 0.29) is 12.4 Å². The maximum Gasteiger partial charge on any atom is 0.306 e. The normalized spacial score (nSPS) is 26.7. The molecule has 1 atom stereocenters. The standard InChI is InChI=1S/C14H22O4/c1-7-14(10-16-13(5,6)18-14)9-8-11(15)17-12(2,3)4/h1H,8-10H2,2-6H3/t14-/m0/s1. The van der Waals surface area contributed by atoms with Gasteiger partial charge >= 0.3 is 5.97 Å². The van der Waals surface area contributed by atoms with Crippen LogP contribution < -0.4 is 0 Å². The van der Waals surface area contributed by atoms with E-state index in [1.54, 1.807) is 13.8 Å². The summed E-state index contributed by atoms with van der Waals surface area (Å²) in [7, 11) is 0. The fourth-order valence-electron chi connectivity index (χ4n) is 1.78. The molecule has 1 aliphatic heterocycles. The molecule has 0 aromatic heterocycles. The van der Waals surface area contributed by atoms with Crippen LogP contribution >= 0.6 is 0 Å². The molecule has 0 saturated carbocycles. The minimum absolute atomic E-state index is 0.223. The molecule has 4 nitrogen and oxygen atoms in total. The summed E-state index contributed by atoms with van der Waals surface area (Å²) in [5, 5.41) is 0. The van der Waals surface area contributed by atoms with Gasteiger partial charge in [0.25, 0.3) is 0 Å². The maximum atomic E-state index is 11.6. The first-order valence-electron chi connectivity index (χ1n) is 6.11. The van der Waals surface area contributed by atoms with Crippen molar-refractivity contribution in [2.24, 2.45) is 0 Å². The molecule has 18 heavy (non-hydrogen) atoms. The molecule has 0 aliphatic carbocycles. The zero-order valence-corrected chi connectivity index (χ0v) is 11.8. The first-order valence-corrected chi connectivity index (χ1v) is 6.11. The van der Waals surface area contributed by atoms with Crippen molar-refractivity contribution in [3.8, 4) is 12.3 Å². The lowest BCUT2D eigenvalue weighted by molar-refractivity contribution is -0.161. The van der Waals surface area contributed by atoms with Crippen LogP contribution in [0.15, 0.2) is 0 Å². The van der Waals surface area contributed by atoms with Crippen molar-refractivity contribution in [3.63, 3.8) is 0 Å². The zero-order valence-electron chi connectivity index (χ0n) is 11.8. The highest BCUT2D eigenvalue weighted by atomic mass is 16.8. The number of hydrogen-bond acceptors (Lipinski definition) is 4. The zero-order chi connectivity index (χ0) is 14.0. The van der Waals surface area contributed by atoms with Crippen molar-refractivity contribution in [2.45, 2.75) is 64.4 Å². The maximum absolute atomic E-state index is 11.6. The Morgan fingerprint density at radius 2 is 2.06 bits per heavy atom. The lowest BCUT2D eigenvalue weighted by Crippen LogP contribution is -2.34. The highest BCUT2D eigenvalue weighted by Crippen LogP contribution is 2.33. The van der Waals surface area contributed by atoms with Crippen molar-refractivity contribution in [2.75, 3.05) is 6.61 Å². The van der Waals surface area contributed by atoms with Crippen LogP contribution in [0.3, 0.4) is 0 Å². The quantitative estimate of drug-likeness (QED) is 0.572. The molecule has 0 aromatic carbocycles. The second-order valence-electron chi connectivity index (χ2n) is 6.02. The number of rotatable bonds is 3. The smallest absolute Gasteiger partial charge is 0.306 e. The average Bonchev–Trinajstić information content (AvgIpc) is 2.50. The Bertz CT molecular complexity index is 359. The molecule has 0 bridgehead atoms. The number of hydrogen-bond donors (Lipinski definition) is 0. The van der Waals surface area contributed by atoms with E-state index in [0.717, 1.165) is 0 Å². The summed E-state index contributed by atoms with van der Waals surface area (Å²) in [6, 6.07) is 0. The van der Waals surface area contributed by atoms with Gasteiger partial charge < -0.3 is 14.2 Å². The molecular formula is C14H22O4. The van der Waals surface area contributed by atoms with Crippen LogP contribution in [-0.2, 0) is 19.0 Å². The van der Waals surface area contributed by atoms with Gasteiger partial charge in [0.15, 0.2) is 11.4 Å². The lowest BCUT2D eigenvalue weighted by atomic mass is 10.00. The molecule has 1 fully saturated rings. The molecule has 0 aromatic rings. The van der Waals surface area contributed by atoms with Gasteiger partial charge in [0.2, 0.25) is 0 Å². The Labute approximate surface area is 109 Å². The summed E-state index contributed by atoms with van der Waals surface area (Å²) >= 11 is 0. The molecule has 0 radical (unpaired) electrons. The number of carbonyl (C=O) groups is 1. The first kappa shape index (κ1) is 15.0. The van der Waals surface area contributed by atoms with E-state index in [4.69, 9.17) is 20.6 Å². The number of esters is 1. The van der Waals surface area contributed by atoms with E-state index in [9.17, 15) is 4.79 Å². The molecule has 1 saturated heterocycles. The fourth-order valence-corrected chi connectivity index (χ4v) is 1.78. The van der Waals surface area contributed by atoms with Crippen molar-refractivity contribution in [3.05, 3.63) is 0 Å². The highest BCUT2D eigenvalue weighted by Gasteiger charge is 2.44. The summed E-state index contributed by atoms with van der Waals surface area (Å²) < 4.78 is 16.4. The van der Waals surface area contributed by atoms with E-state index in [1.165, 1.54) is 0 Å². The summed E-state index contributed by atoms with van der Waals surface area (Å²) in [6.07, 6.45) is 6.12. The minimum atomic E-state index is -0.819. The third-order valence-corrected chi connectivity index (χ3v) is 2.51. The van der Waals surface area contributed by atoms with Crippen LogP contribution in [0.25, 0.3) is 0 Å². The molecule has 0 N–H and O–H groups in total. The molecule has 0 spiro atoms. The Balaban J connectivity index is 2.52. The summed E-state index contributed by atoms with van der Waals surface area (Å²) in [5.74, 6) is 1.63. The van der Waals surface area contributed by atoms with E-state index < -0.39 is 17.0 Å². The van der Waals surface area contributed by atoms with Crippen molar-refractivity contribution < 1.29 is 19.0 Å². The molecular weight excluding hydrogens is 232 g/mol. The van der Waals surface area contributed by atoms with Crippen LogP contribution in [0.1, 0.15) is 47.5 Å². The number of ether oxygens (including phenoxy) is 3. The first-order chi connectivity index (χ1) is 8.08. The van der Waals surface area contributed by atoms with Crippen LogP contribution in [-0.4, -0.2) is 29.6 Å². The van der Waals surface area contributed by atoms with Gasteiger partial charge in [0.1, 0.15) is 5.60 Å². The van der Waals surface area contributed by atoms with Crippen LogP contribution in [0.4, 0.5) is 0 Å². The van der Waals surface area contributed by atoms with Gasteiger partial charge in [-0.25, -0.2) is 0 Å². The van der Waals surface area contributed by atoms with Crippen LogP contribution in [0.5, 0.6) is 0 Å². The van der Waals surface area contributed by atoms with Gasteiger partial charge in [-0.2, -0.15) is 0 Å². The van der Waals surface area contributed by atoms with Gasteiger partial charge in [-0.15, -0.1) is 6.42 Å². The van der Waals surface area contributed by atoms with E-state index in [0.29, 0.717) is 13.0 Å². The third kappa shape index (κ3) is 4.32. The molecule has 0 unspecified atom stereocenters. The Morgan fingerprint density at radius 3 is 2.44 bits per heavy atom. The lowest BCUT2D eigenvalue weighted by Gasteiger charge is -2.25. The second-order valence-corrected chi connectivity index (χ2v) is 6.02. The molecule has 4 heteroatoms. The highest BCUT2D eigenvalue weighted by molar-refractivity contribution is 5.70. The molecule has 1 rings (SSSR count). The van der Waals surface area contributed by atoms with Gasteiger partial charge in [-0.1, -0.05) is 5.92 Å². The van der Waals surface area contributed by atoms with Crippen molar-refractivity contribution >= 4 is 5.97 Å². The van der Waals surface area contributed by atoms with Crippen molar-refractivity contribution in [1.82, 2.24) is 0 Å². The van der Waals surface area contributed by atoms with Crippen LogP contribution in [0.2, 0.25) is 0 Å². The second kappa shape index (κ2) is 4.91.